The summed E-state index contributed by atoms with van der Waals surface area (Å²) in [7, 11) is 0. The van der Waals surface area contributed by atoms with E-state index in [0.717, 1.165) is 80.5 Å². The lowest BCUT2D eigenvalue weighted by atomic mass is 10.0. The Morgan fingerprint density at radius 2 is 2.00 bits per heavy atom. The van der Waals surface area contributed by atoms with E-state index in [2.05, 4.69) is 32.0 Å². The van der Waals surface area contributed by atoms with Crippen LogP contribution in [0.15, 0.2) is 18.5 Å². The summed E-state index contributed by atoms with van der Waals surface area (Å²) >= 11 is 7.69. The number of aliphatic hydroxyl groups is 1. The van der Waals surface area contributed by atoms with Gasteiger partial charge in [0.15, 0.2) is 0 Å². The number of fused-ring (bicyclic) bond motifs is 1. The molecule has 10 heteroatoms. The fourth-order valence-electron chi connectivity index (χ4n) is 5.51. The molecule has 5 rings (SSSR count). The largest absolute Gasteiger partial charge is 0.387 e. The Morgan fingerprint density at radius 3 is 2.68 bits per heavy atom. The molecule has 0 spiro atoms. The number of carbonyl (C=O) groups excluding carboxylic acids is 1. The number of thiophene rings is 1. The monoisotopic (exact) mass is 505 g/mol. The van der Waals surface area contributed by atoms with Crippen molar-refractivity contribution in [2.75, 3.05) is 44.3 Å². The number of rotatable bonds is 7. The summed E-state index contributed by atoms with van der Waals surface area (Å²) in [5, 5.41) is 14.2. The number of anilines is 1. The molecule has 8 nitrogen and oxygen atoms in total. The Labute approximate surface area is 209 Å². The van der Waals surface area contributed by atoms with Crippen LogP contribution < -0.4 is 10.2 Å². The number of aromatic nitrogens is 2. The second-order valence-electron chi connectivity index (χ2n) is 9.47. The van der Waals surface area contributed by atoms with E-state index in [0.29, 0.717) is 16.8 Å². The van der Waals surface area contributed by atoms with Crippen LogP contribution in [0, 0.1) is 0 Å². The SMILES string of the molecule is C[C@@H]1C[C@@H](O)c2ncnc(N3CCN(C(NC4CCOCC4)C(C=O)c4ccc(Cl)s4)CC3)c21. The van der Waals surface area contributed by atoms with Gasteiger partial charge < -0.3 is 19.5 Å². The first-order valence-corrected chi connectivity index (χ1v) is 13.3. The van der Waals surface area contributed by atoms with Crippen molar-refractivity contribution in [3.8, 4) is 0 Å². The van der Waals surface area contributed by atoms with E-state index in [9.17, 15) is 9.90 Å². The van der Waals surface area contributed by atoms with E-state index in [4.69, 9.17) is 16.3 Å². The molecule has 0 aromatic carbocycles. The predicted octanol–water partition coefficient (Wildman–Crippen LogP) is 2.93. The Morgan fingerprint density at radius 1 is 1.24 bits per heavy atom. The standard InChI is InChI=1S/C24H32ClN5O3S/c1-15-12-18(32)22-21(15)24(27-14-26-22)30-8-6-29(7-9-30)23(28-16-4-10-33-11-5-16)17(13-31)19-2-3-20(25)34-19/h2-3,13-18,23,28,32H,4-12H2,1H3/t15-,17?,18-,23?/m1/s1. The number of nitrogens with one attached hydrogen (secondary N) is 1. The number of halogens is 1. The van der Waals surface area contributed by atoms with E-state index < -0.39 is 6.10 Å². The molecule has 0 bridgehead atoms. The topological polar surface area (TPSA) is 90.8 Å². The molecule has 0 radical (unpaired) electrons. The van der Waals surface area contributed by atoms with Crippen molar-refractivity contribution >= 4 is 35.0 Å². The van der Waals surface area contributed by atoms with Gasteiger partial charge >= 0.3 is 0 Å². The third kappa shape index (κ3) is 4.87. The molecule has 0 saturated carbocycles. The van der Waals surface area contributed by atoms with Gasteiger partial charge in [0.05, 0.1) is 28.2 Å². The Kier molecular flexibility index (Phi) is 7.48. The zero-order valence-electron chi connectivity index (χ0n) is 19.4. The minimum Gasteiger partial charge on any atom is -0.387 e. The van der Waals surface area contributed by atoms with Crippen LogP contribution in [0.25, 0.3) is 0 Å². The van der Waals surface area contributed by atoms with Crippen LogP contribution >= 0.6 is 22.9 Å². The van der Waals surface area contributed by atoms with Gasteiger partial charge in [0.25, 0.3) is 0 Å². The first kappa shape index (κ1) is 24.1. The smallest absolute Gasteiger partial charge is 0.135 e. The molecule has 2 N–H and O–H groups in total. The van der Waals surface area contributed by atoms with Crippen molar-refractivity contribution in [2.24, 2.45) is 0 Å². The summed E-state index contributed by atoms with van der Waals surface area (Å²) in [4.78, 5) is 27.0. The first-order chi connectivity index (χ1) is 16.5. The molecule has 2 aliphatic heterocycles. The molecule has 2 saturated heterocycles. The van der Waals surface area contributed by atoms with Crippen LogP contribution in [0.2, 0.25) is 4.34 Å². The summed E-state index contributed by atoms with van der Waals surface area (Å²) in [5.74, 6) is 0.898. The number of aliphatic hydroxyl groups excluding tert-OH is 1. The number of ether oxygens (including phenoxy) is 1. The second kappa shape index (κ2) is 10.6. The minimum absolute atomic E-state index is 0.102. The molecule has 2 aromatic rings. The number of carbonyl (C=O) groups is 1. The van der Waals surface area contributed by atoms with E-state index in [1.54, 1.807) is 6.33 Å². The number of hydrogen-bond donors (Lipinski definition) is 2. The fourth-order valence-corrected chi connectivity index (χ4v) is 6.66. The molecule has 4 heterocycles. The predicted molar refractivity (Wildman–Crippen MR) is 133 cm³/mol. The Bertz CT molecular complexity index is 993. The number of nitrogens with zero attached hydrogens (tertiary/aromatic N) is 4. The highest BCUT2D eigenvalue weighted by Crippen LogP contribution is 2.43. The molecule has 2 unspecified atom stereocenters. The normalized spacial score (nSPS) is 25.8. The zero-order valence-corrected chi connectivity index (χ0v) is 21.0. The molecule has 1 aliphatic carbocycles. The van der Waals surface area contributed by atoms with E-state index in [1.165, 1.54) is 11.3 Å². The zero-order chi connectivity index (χ0) is 23.7. The molecule has 4 atom stereocenters. The van der Waals surface area contributed by atoms with Crippen LogP contribution in [0.5, 0.6) is 0 Å². The minimum atomic E-state index is -0.507. The van der Waals surface area contributed by atoms with E-state index >= 15 is 0 Å². The maximum atomic E-state index is 12.3. The molecule has 3 aliphatic rings. The molecular formula is C24H32ClN5O3S. The van der Waals surface area contributed by atoms with E-state index in [1.807, 2.05) is 12.1 Å². The molecule has 0 amide bonds. The van der Waals surface area contributed by atoms with E-state index in [-0.39, 0.29) is 18.0 Å². The number of piperazine rings is 1. The molecule has 184 valence electrons. The van der Waals surface area contributed by atoms with Gasteiger partial charge in [0.2, 0.25) is 0 Å². The van der Waals surface area contributed by atoms with Crippen LogP contribution in [-0.2, 0) is 9.53 Å². The van der Waals surface area contributed by atoms with Crippen molar-refractivity contribution in [3.05, 3.63) is 38.9 Å². The van der Waals surface area contributed by atoms with Gasteiger partial charge in [-0.3, -0.25) is 10.2 Å². The van der Waals surface area contributed by atoms with Crippen LogP contribution in [0.4, 0.5) is 5.82 Å². The summed E-state index contributed by atoms with van der Waals surface area (Å²) in [6, 6.07) is 4.16. The third-order valence-electron chi connectivity index (χ3n) is 7.32. The van der Waals surface area contributed by atoms with Crippen molar-refractivity contribution in [1.29, 1.82) is 0 Å². The second-order valence-corrected chi connectivity index (χ2v) is 11.2. The maximum Gasteiger partial charge on any atom is 0.135 e. The Hall–Kier alpha value is -1.62. The molecular weight excluding hydrogens is 474 g/mol. The lowest BCUT2D eigenvalue weighted by Crippen LogP contribution is -2.59. The van der Waals surface area contributed by atoms with Crippen LogP contribution in [0.1, 0.15) is 60.3 Å². The average molecular weight is 506 g/mol. The molecule has 2 aromatic heterocycles. The molecule has 2 fully saturated rings. The maximum absolute atomic E-state index is 12.3. The van der Waals surface area contributed by atoms with Gasteiger partial charge in [0.1, 0.15) is 18.4 Å². The summed E-state index contributed by atoms with van der Waals surface area (Å²) in [6.45, 7) is 6.84. The van der Waals surface area contributed by atoms with Crippen molar-refractivity contribution in [3.63, 3.8) is 0 Å². The summed E-state index contributed by atoms with van der Waals surface area (Å²) < 4.78 is 6.24. The lowest BCUT2D eigenvalue weighted by molar-refractivity contribution is -0.111. The highest BCUT2D eigenvalue weighted by molar-refractivity contribution is 7.16. The first-order valence-electron chi connectivity index (χ1n) is 12.1. The fraction of sp³-hybridized carbons (Fsp3) is 0.625. The van der Waals surface area contributed by atoms with Crippen molar-refractivity contribution in [2.45, 2.75) is 56.3 Å². The van der Waals surface area contributed by atoms with Crippen LogP contribution in [-0.4, -0.2) is 77.9 Å². The van der Waals surface area contributed by atoms with Gasteiger partial charge in [-0.25, -0.2) is 9.97 Å². The van der Waals surface area contributed by atoms with Gasteiger partial charge in [-0.15, -0.1) is 11.3 Å². The summed E-state index contributed by atoms with van der Waals surface area (Å²) in [6.07, 6.45) is 4.61. The average Bonchev–Trinajstić information content (AvgIpc) is 3.42. The lowest BCUT2D eigenvalue weighted by Gasteiger charge is -2.43. The van der Waals surface area contributed by atoms with Gasteiger partial charge in [-0.05, 0) is 37.3 Å². The van der Waals surface area contributed by atoms with Gasteiger partial charge in [-0.1, -0.05) is 18.5 Å². The number of hydrogen-bond acceptors (Lipinski definition) is 9. The molecule has 34 heavy (non-hydrogen) atoms. The summed E-state index contributed by atoms with van der Waals surface area (Å²) in [5.41, 5.74) is 1.86. The quantitative estimate of drug-likeness (QED) is 0.555. The highest BCUT2D eigenvalue weighted by Gasteiger charge is 2.37. The van der Waals surface area contributed by atoms with Gasteiger partial charge in [-0.2, -0.15) is 0 Å². The Balaban J connectivity index is 1.34. The van der Waals surface area contributed by atoms with Gasteiger partial charge in [0, 0.05) is 55.9 Å². The van der Waals surface area contributed by atoms with Crippen LogP contribution in [0.3, 0.4) is 0 Å². The third-order valence-corrected chi connectivity index (χ3v) is 8.66. The van der Waals surface area contributed by atoms with Crippen molar-refractivity contribution in [1.82, 2.24) is 20.2 Å². The van der Waals surface area contributed by atoms with Crippen molar-refractivity contribution < 1.29 is 14.6 Å². The highest BCUT2D eigenvalue weighted by atomic mass is 35.5. The number of aldehydes is 1.